The Morgan fingerprint density at radius 2 is 1.82 bits per heavy atom. The average molecular weight is 250 g/mol. The second-order valence-corrected chi connectivity index (χ2v) is 3.01. The van der Waals surface area contributed by atoms with Crippen LogP contribution in [-0.4, -0.2) is 11.8 Å². The lowest BCUT2D eigenvalue weighted by Crippen LogP contribution is -2.29. The first-order valence-corrected chi connectivity index (χ1v) is 4.19. The SMILES string of the molecule is NC(=O)C(=O)Nc1ccc(F)c(C(F)(F)F)c1. The smallest absolute Gasteiger partial charge is 0.361 e. The molecule has 1 aromatic carbocycles. The minimum Gasteiger partial charge on any atom is -0.361 e. The van der Waals surface area contributed by atoms with Crippen LogP contribution in [0, 0.1) is 5.82 Å². The summed E-state index contributed by atoms with van der Waals surface area (Å²) in [6.07, 6.45) is -4.89. The van der Waals surface area contributed by atoms with Crippen LogP contribution < -0.4 is 11.1 Å². The number of rotatable bonds is 1. The number of carbonyl (C=O) groups is 2. The normalized spacial score (nSPS) is 11.1. The number of alkyl halides is 3. The van der Waals surface area contributed by atoms with Gasteiger partial charge in [-0.3, -0.25) is 9.59 Å². The number of amides is 2. The van der Waals surface area contributed by atoms with Crippen molar-refractivity contribution < 1.29 is 27.2 Å². The van der Waals surface area contributed by atoms with Gasteiger partial charge in [0, 0.05) is 5.69 Å². The van der Waals surface area contributed by atoms with Crippen molar-refractivity contribution in [1.82, 2.24) is 0 Å². The number of hydrogen-bond donors (Lipinski definition) is 2. The quantitative estimate of drug-likeness (QED) is 0.582. The summed E-state index contributed by atoms with van der Waals surface area (Å²) >= 11 is 0. The Balaban J connectivity index is 3.05. The van der Waals surface area contributed by atoms with Gasteiger partial charge in [0.1, 0.15) is 5.82 Å². The van der Waals surface area contributed by atoms with E-state index in [9.17, 15) is 27.2 Å². The molecule has 0 aromatic heterocycles. The zero-order valence-corrected chi connectivity index (χ0v) is 8.14. The number of nitrogens with two attached hydrogens (primary N) is 1. The zero-order chi connectivity index (χ0) is 13.2. The van der Waals surface area contributed by atoms with Crippen molar-refractivity contribution in [3.05, 3.63) is 29.6 Å². The molecule has 8 heteroatoms. The van der Waals surface area contributed by atoms with Gasteiger partial charge in [0.2, 0.25) is 0 Å². The number of nitrogens with one attached hydrogen (secondary N) is 1. The molecule has 1 aromatic rings. The summed E-state index contributed by atoms with van der Waals surface area (Å²) in [7, 11) is 0. The minimum absolute atomic E-state index is 0.371. The summed E-state index contributed by atoms with van der Waals surface area (Å²) in [6.45, 7) is 0. The Bertz CT molecular complexity index is 471. The number of halogens is 4. The number of primary amides is 1. The summed E-state index contributed by atoms with van der Waals surface area (Å²) in [4.78, 5) is 21.2. The third kappa shape index (κ3) is 3.16. The van der Waals surface area contributed by atoms with E-state index in [-0.39, 0.29) is 5.69 Å². The highest BCUT2D eigenvalue weighted by Crippen LogP contribution is 2.32. The molecule has 17 heavy (non-hydrogen) atoms. The fraction of sp³-hybridized carbons (Fsp3) is 0.111. The first-order chi connectivity index (χ1) is 7.71. The van der Waals surface area contributed by atoms with Gasteiger partial charge in [-0.1, -0.05) is 0 Å². The van der Waals surface area contributed by atoms with E-state index >= 15 is 0 Å². The van der Waals surface area contributed by atoms with Crippen molar-refractivity contribution in [2.45, 2.75) is 6.18 Å². The molecule has 0 unspecified atom stereocenters. The first kappa shape index (κ1) is 12.9. The summed E-state index contributed by atoms with van der Waals surface area (Å²) in [5.74, 6) is -4.12. The molecule has 0 aliphatic rings. The molecule has 0 atom stereocenters. The van der Waals surface area contributed by atoms with Gasteiger partial charge in [0.05, 0.1) is 5.56 Å². The van der Waals surface area contributed by atoms with E-state index in [1.165, 1.54) is 0 Å². The van der Waals surface area contributed by atoms with Gasteiger partial charge in [-0.05, 0) is 18.2 Å². The van der Waals surface area contributed by atoms with Gasteiger partial charge >= 0.3 is 18.0 Å². The highest BCUT2D eigenvalue weighted by molar-refractivity contribution is 6.39. The van der Waals surface area contributed by atoms with Gasteiger partial charge < -0.3 is 11.1 Å². The summed E-state index contributed by atoms with van der Waals surface area (Å²) in [6, 6.07) is 1.78. The summed E-state index contributed by atoms with van der Waals surface area (Å²) in [5, 5.41) is 1.80. The average Bonchev–Trinajstić information content (AvgIpc) is 2.19. The highest BCUT2D eigenvalue weighted by Gasteiger charge is 2.34. The summed E-state index contributed by atoms with van der Waals surface area (Å²) < 4.78 is 49.7. The standard InChI is InChI=1S/C9H6F4N2O2/c10-6-2-1-4(15-8(17)7(14)16)3-5(6)9(11,12)13/h1-3H,(H2,14,16)(H,15,17). The third-order valence-electron chi connectivity index (χ3n) is 1.75. The third-order valence-corrected chi connectivity index (χ3v) is 1.75. The van der Waals surface area contributed by atoms with E-state index in [0.717, 1.165) is 6.07 Å². The van der Waals surface area contributed by atoms with Crippen molar-refractivity contribution in [2.24, 2.45) is 5.73 Å². The molecular weight excluding hydrogens is 244 g/mol. The molecule has 0 fully saturated rings. The van der Waals surface area contributed by atoms with E-state index in [0.29, 0.717) is 12.1 Å². The molecule has 92 valence electrons. The van der Waals surface area contributed by atoms with Gasteiger partial charge in [0.25, 0.3) is 0 Å². The lowest BCUT2D eigenvalue weighted by atomic mass is 10.2. The molecule has 0 bridgehead atoms. The van der Waals surface area contributed by atoms with Crippen molar-refractivity contribution in [2.75, 3.05) is 5.32 Å². The molecule has 0 saturated heterocycles. The van der Waals surface area contributed by atoms with E-state index < -0.39 is 29.4 Å². The maximum absolute atomic E-state index is 12.8. The minimum atomic E-state index is -4.89. The molecule has 0 saturated carbocycles. The number of benzene rings is 1. The van der Waals surface area contributed by atoms with E-state index in [4.69, 9.17) is 0 Å². The van der Waals surface area contributed by atoms with Crippen molar-refractivity contribution >= 4 is 17.5 Å². The van der Waals surface area contributed by atoms with Gasteiger partial charge in [0.15, 0.2) is 0 Å². The number of carbonyl (C=O) groups excluding carboxylic acids is 2. The molecule has 0 aliphatic heterocycles. The maximum atomic E-state index is 12.8. The van der Waals surface area contributed by atoms with Gasteiger partial charge in [-0.25, -0.2) is 4.39 Å². The largest absolute Gasteiger partial charge is 0.419 e. The second-order valence-electron chi connectivity index (χ2n) is 3.01. The van der Waals surface area contributed by atoms with Crippen LogP contribution in [0.15, 0.2) is 18.2 Å². The van der Waals surface area contributed by atoms with Crippen LogP contribution in [0.3, 0.4) is 0 Å². The fourth-order valence-electron chi connectivity index (χ4n) is 1.01. The predicted octanol–water partition coefficient (Wildman–Crippen LogP) is 1.27. The maximum Gasteiger partial charge on any atom is 0.419 e. The number of hydrogen-bond acceptors (Lipinski definition) is 2. The summed E-state index contributed by atoms with van der Waals surface area (Å²) in [5.41, 5.74) is 2.68. The Kier molecular flexibility index (Phi) is 3.35. The molecule has 1 rings (SSSR count). The molecule has 0 spiro atoms. The molecule has 3 N–H and O–H groups in total. The molecule has 2 amide bonds. The van der Waals surface area contributed by atoms with Crippen LogP contribution >= 0.6 is 0 Å². The lowest BCUT2D eigenvalue weighted by molar-refractivity contribution is -0.140. The molecule has 0 aliphatic carbocycles. The van der Waals surface area contributed by atoms with Gasteiger partial charge in [-0.2, -0.15) is 13.2 Å². The predicted molar refractivity (Wildman–Crippen MR) is 49.2 cm³/mol. The first-order valence-electron chi connectivity index (χ1n) is 4.19. The number of anilines is 1. The van der Waals surface area contributed by atoms with E-state index in [2.05, 4.69) is 5.73 Å². The molecular formula is C9H6F4N2O2. The molecule has 4 nitrogen and oxygen atoms in total. The fourth-order valence-corrected chi connectivity index (χ4v) is 1.01. The van der Waals surface area contributed by atoms with Crippen LogP contribution in [0.5, 0.6) is 0 Å². The molecule has 0 radical (unpaired) electrons. The van der Waals surface area contributed by atoms with Crippen LogP contribution in [0.1, 0.15) is 5.56 Å². The Morgan fingerprint density at radius 1 is 1.24 bits per heavy atom. The van der Waals surface area contributed by atoms with Crippen molar-refractivity contribution in [3.8, 4) is 0 Å². The van der Waals surface area contributed by atoms with Crippen LogP contribution in [0.2, 0.25) is 0 Å². The van der Waals surface area contributed by atoms with E-state index in [1.807, 2.05) is 0 Å². The topological polar surface area (TPSA) is 72.2 Å². The van der Waals surface area contributed by atoms with Gasteiger partial charge in [-0.15, -0.1) is 0 Å². The van der Waals surface area contributed by atoms with Crippen molar-refractivity contribution in [3.63, 3.8) is 0 Å². The highest BCUT2D eigenvalue weighted by atomic mass is 19.4. The van der Waals surface area contributed by atoms with E-state index in [1.54, 1.807) is 5.32 Å². The lowest BCUT2D eigenvalue weighted by Gasteiger charge is -2.10. The van der Waals surface area contributed by atoms with Crippen LogP contribution in [0.25, 0.3) is 0 Å². The van der Waals surface area contributed by atoms with Crippen molar-refractivity contribution in [1.29, 1.82) is 0 Å². The van der Waals surface area contributed by atoms with Crippen LogP contribution in [-0.2, 0) is 15.8 Å². The zero-order valence-electron chi connectivity index (χ0n) is 8.14. The Hall–Kier alpha value is -2.12. The van der Waals surface area contributed by atoms with Crippen LogP contribution in [0.4, 0.5) is 23.2 Å². The molecule has 0 heterocycles. The Labute approximate surface area is 92.4 Å². The second kappa shape index (κ2) is 4.40. The Morgan fingerprint density at radius 3 is 2.29 bits per heavy atom. The monoisotopic (exact) mass is 250 g/mol.